The Hall–Kier alpha value is -2.67. The molecular weight excluding hydrogens is 302 g/mol. The van der Waals surface area contributed by atoms with Crippen molar-refractivity contribution in [3.8, 4) is 0 Å². The second-order valence-corrected chi connectivity index (χ2v) is 5.11. The molecule has 0 unspecified atom stereocenters. The van der Waals surface area contributed by atoms with Crippen LogP contribution in [0.1, 0.15) is 5.56 Å². The van der Waals surface area contributed by atoms with Crippen LogP contribution in [-0.4, -0.2) is 42.2 Å². The highest BCUT2D eigenvalue weighted by Crippen LogP contribution is 2.27. The molecule has 1 amide bonds. The Morgan fingerprint density at radius 3 is 2.65 bits per heavy atom. The van der Waals surface area contributed by atoms with Gasteiger partial charge in [0, 0.05) is 0 Å². The fraction of sp³-hybridized carbons (Fsp3) is 0.312. The van der Waals surface area contributed by atoms with Crippen LogP contribution in [0.3, 0.4) is 0 Å². The van der Waals surface area contributed by atoms with Gasteiger partial charge < -0.3 is 19.9 Å². The molecule has 2 N–H and O–H groups in total. The number of carbonyl (C=O) groups excluding carboxylic acids is 2. The number of hydrogen-bond acceptors (Lipinski definition) is 5. The first-order chi connectivity index (χ1) is 11.0. The van der Waals surface area contributed by atoms with Crippen molar-refractivity contribution in [1.29, 1.82) is 0 Å². The zero-order chi connectivity index (χ0) is 16.8. The number of amides is 1. The Bertz CT molecular complexity index is 600. The lowest BCUT2D eigenvalue weighted by Gasteiger charge is -2.40. The van der Waals surface area contributed by atoms with Gasteiger partial charge in [-0.3, -0.25) is 9.59 Å². The number of β-lactam (4-membered cyclic amide) rings is 1. The molecule has 0 radical (unpaired) electrons. The zero-order valence-electron chi connectivity index (χ0n) is 12.3. The molecule has 23 heavy (non-hydrogen) atoms. The first kappa shape index (κ1) is 16.7. The molecule has 0 aromatic heterocycles. The fourth-order valence-electron chi connectivity index (χ4n) is 2.38. The fourth-order valence-corrected chi connectivity index (χ4v) is 2.38. The van der Waals surface area contributed by atoms with Gasteiger partial charge in [0.1, 0.15) is 12.7 Å². The van der Waals surface area contributed by atoms with Crippen LogP contribution in [0.4, 0.5) is 0 Å². The van der Waals surface area contributed by atoms with Crippen molar-refractivity contribution in [2.24, 2.45) is 5.92 Å². The molecule has 1 saturated heterocycles. The van der Waals surface area contributed by atoms with E-state index in [4.69, 9.17) is 14.6 Å². The van der Waals surface area contributed by atoms with Gasteiger partial charge in [-0.05, 0) is 5.56 Å². The van der Waals surface area contributed by atoms with Gasteiger partial charge in [0.15, 0.2) is 0 Å². The Balaban J connectivity index is 2.06. The quantitative estimate of drug-likeness (QED) is 0.390. The van der Waals surface area contributed by atoms with Crippen LogP contribution in [0.25, 0.3) is 0 Å². The maximum atomic E-state index is 11.8. The summed E-state index contributed by atoms with van der Waals surface area (Å²) < 4.78 is 10.4. The lowest BCUT2D eigenvalue weighted by Crippen LogP contribution is -2.64. The highest BCUT2D eigenvalue weighted by Gasteiger charge is 2.48. The summed E-state index contributed by atoms with van der Waals surface area (Å²) in [5.41, 5.74) is 0.756. The second-order valence-electron chi connectivity index (χ2n) is 5.11. The van der Waals surface area contributed by atoms with Gasteiger partial charge in [0.2, 0.25) is 5.91 Å². The summed E-state index contributed by atoms with van der Waals surface area (Å²) in [5.74, 6) is -2.31. The maximum absolute atomic E-state index is 11.8. The molecule has 1 aromatic carbocycles. The van der Waals surface area contributed by atoms with E-state index in [2.05, 4.69) is 11.9 Å². The Morgan fingerprint density at radius 1 is 1.39 bits per heavy atom. The van der Waals surface area contributed by atoms with Crippen LogP contribution in [-0.2, 0) is 30.5 Å². The number of carbonyl (C=O) groups is 3. The summed E-state index contributed by atoms with van der Waals surface area (Å²) in [6.07, 6.45) is -0.754. The monoisotopic (exact) mass is 319 g/mol. The van der Waals surface area contributed by atoms with Crippen molar-refractivity contribution < 1.29 is 29.0 Å². The SMILES string of the molecule is C=C(C(=O)O)[C@H]1NC(=O)[C@@H]1[C@H](COC=O)OCc1ccccc1. The molecule has 7 nitrogen and oxygen atoms in total. The van der Waals surface area contributed by atoms with Crippen LogP contribution >= 0.6 is 0 Å². The van der Waals surface area contributed by atoms with E-state index >= 15 is 0 Å². The number of hydrogen-bond donors (Lipinski definition) is 2. The average molecular weight is 319 g/mol. The lowest BCUT2D eigenvalue weighted by atomic mass is 9.81. The van der Waals surface area contributed by atoms with Gasteiger partial charge in [-0.1, -0.05) is 36.9 Å². The summed E-state index contributed by atoms with van der Waals surface area (Å²) in [6, 6.07) is 8.53. The molecule has 1 fully saturated rings. The Morgan fingerprint density at radius 2 is 2.09 bits per heavy atom. The number of aliphatic carboxylic acids is 1. The maximum Gasteiger partial charge on any atom is 0.333 e. The van der Waals surface area contributed by atoms with Crippen LogP contribution < -0.4 is 5.32 Å². The minimum absolute atomic E-state index is 0.131. The van der Waals surface area contributed by atoms with E-state index < -0.39 is 24.0 Å². The molecule has 0 saturated carbocycles. The predicted octanol–water partition coefficient (Wildman–Crippen LogP) is 0.500. The van der Waals surface area contributed by atoms with Gasteiger partial charge >= 0.3 is 5.97 Å². The zero-order valence-corrected chi connectivity index (χ0v) is 12.3. The van der Waals surface area contributed by atoms with Gasteiger partial charge in [-0.25, -0.2) is 4.79 Å². The van der Waals surface area contributed by atoms with Crippen molar-refractivity contribution in [2.75, 3.05) is 6.61 Å². The topological polar surface area (TPSA) is 102 Å². The molecule has 2 rings (SSSR count). The second kappa shape index (κ2) is 7.55. The number of carboxylic acids is 1. The number of nitrogens with one attached hydrogen (secondary N) is 1. The normalized spacial score (nSPS) is 20.8. The van der Waals surface area contributed by atoms with Crippen LogP contribution in [0.5, 0.6) is 0 Å². The molecule has 122 valence electrons. The van der Waals surface area contributed by atoms with Gasteiger partial charge in [0.05, 0.1) is 24.1 Å². The Labute approximate surface area is 132 Å². The van der Waals surface area contributed by atoms with Crippen LogP contribution in [0.2, 0.25) is 0 Å². The number of carboxylic acid groups (broad SMARTS) is 1. The van der Waals surface area contributed by atoms with Crippen LogP contribution in [0, 0.1) is 5.92 Å². The van der Waals surface area contributed by atoms with E-state index in [0.29, 0.717) is 0 Å². The third-order valence-electron chi connectivity index (χ3n) is 3.65. The van der Waals surface area contributed by atoms with Gasteiger partial charge in [0.25, 0.3) is 6.47 Å². The minimum atomic E-state index is -1.20. The predicted molar refractivity (Wildman–Crippen MR) is 79.2 cm³/mol. The highest BCUT2D eigenvalue weighted by molar-refractivity contribution is 5.95. The Kier molecular flexibility index (Phi) is 5.48. The molecule has 1 aliphatic rings. The first-order valence-electron chi connectivity index (χ1n) is 6.98. The van der Waals surface area contributed by atoms with Crippen molar-refractivity contribution in [1.82, 2.24) is 5.32 Å². The third-order valence-corrected chi connectivity index (χ3v) is 3.65. The third kappa shape index (κ3) is 3.95. The van der Waals surface area contributed by atoms with Gasteiger partial charge in [-0.2, -0.15) is 0 Å². The number of ether oxygens (including phenoxy) is 2. The minimum Gasteiger partial charge on any atom is -0.478 e. The summed E-state index contributed by atoms with van der Waals surface area (Å²) in [4.78, 5) is 33.3. The number of benzene rings is 1. The standard InChI is InChI=1S/C16H17NO6/c1-10(16(20)21)14-13(15(19)17-14)12(8-22-9-18)23-7-11-5-3-2-4-6-11/h2-6,9,12-14H,1,7-8H2,(H,17,19)(H,20,21)/t12-,13+,14+/m0/s1. The van der Waals surface area contributed by atoms with E-state index in [0.717, 1.165) is 5.56 Å². The summed E-state index contributed by atoms with van der Waals surface area (Å²) >= 11 is 0. The largest absolute Gasteiger partial charge is 0.478 e. The van der Waals surface area contributed by atoms with Crippen molar-refractivity contribution >= 4 is 18.3 Å². The number of rotatable bonds is 9. The molecule has 0 bridgehead atoms. The average Bonchev–Trinajstić information content (AvgIpc) is 2.55. The molecule has 3 atom stereocenters. The summed E-state index contributed by atoms with van der Waals surface area (Å²) in [7, 11) is 0. The summed E-state index contributed by atoms with van der Waals surface area (Å²) in [6.45, 7) is 3.79. The van der Waals surface area contributed by atoms with Crippen molar-refractivity contribution in [3.63, 3.8) is 0 Å². The van der Waals surface area contributed by atoms with Crippen molar-refractivity contribution in [2.45, 2.75) is 18.8 Å². The smallest absolute Gasteiger partial charge is 0.333 e. The molecule has 0 spiro atoms. The van der Waals surface area contributed by atoms with E-state index in [1.54, 1.807) is 0 Å². The van der Waals surface area contributed by atoms with E-state index in [1.165, 1.54) is 0 Å². The molecule has 0 aliphatic carbocycles. The summed E-state index contributed by atoms with van der Waals surface area (Å²) in [5, 5.41) is 11.5. The highest BCUT2D eigenvalue weighted by atomic mass is 16.6. The molecular formula is C16H17NO6. The molecule has 1 heterocycles. The first-order valence-corrected chi connectivity index (χ1v) is 6.98. The van der Waals surface area contributed by atoms with Crippen molar-refractivity contribution in [3.05, 3.63) is 48.0 Å². The molecule has 7 heteroatoms. The molecule has 1 aliphatic heterocycles. The van der Waals surface area contributed by atoms with Crippen LogP contribution in [0.15, 0.2) is 42.5 Å². The lowest BCUT2D eigenvalue weighted by molar-refractivity contribution is -0.153. The van der Waals surface area contributed by atoms with E-state index in [9.17, 15) is 14.4 Å². The molecule has 1 aromatic rings. The van der Waals surface area contributed by atoms with E-state index in [1.807, 2.05) is 30.3 Å². The van der Waals surface area contributed by atoms with Gasteiger partial charge in [-0.15, -0.1) is 0 Å². The van der Waals surface area contributed by atoms with E-state index in [-0.39, 0.29) is 31.2 Å².